The van der Waals surface area contributed by atoms with Gasteiger partial charge in [0.1, 0.15) is 21.3 Å². The molecular formula is C22H30N4O4S. The average Bonchev–Trinajstić information content (AvgIpc) is 3.11. The highest BCUT2D eigenvalue weighted by Gasteiger charge is 2.32. The van der Waals surface area contributed by atoms with Crippen molar-refractivity contribution >= 4 is 39.9 Å². The van der Waals surface area contributed by atoms with Gasteiger partial charge in [0, 0.05) is 18.0 Å². The first-order valence-electron chi connectivity index (χ1n) is 10.2. The van der Waals surface area contributed by atoms with Crippen LogP contribution in [0.2, 0.25) is 0 Å². The maximum atomic E-state index is 13.2. The number of nitrogens with zero attached hydrogens (tertiary/aromatic N) is 3. The van der Waals surface area contributed by atoms with Gasteiger partial charge in [-0.15, -0.1) is 11.3 Å². The highest BCUT2D eigenvalue weighted by molar-refractivity contribution is 7.18. The van der Waals surface area contributed by atoms with E-state index in [1.54, 1.807) is 32.9 Å². The van der Waals surface area contributed by atoms with Crippen LogP contribution in [-0.2, 0) is 9.47 Å². The Morgan fingerprint density at radius 3 is 2.52 bits per heavy atom. The third kappa shape index (κ3) is 5.54. The number of piperidine rings is 1. The number of thiophene rings is 1. The van der Waals surface area contributed by atoms with Gasteiger partial charge in [-0.05, 0) is 77.4 Å². The van der Waals surface area contributed by atoms with Crippen LogP contribution in [0.5, 0.6) is 0 Å². The molecule has 0 spiro atoms. The third-order valence-electron chi connectivity index (χ3n) is 5.07. The molecule has 2 aromatic rings. The second-order valence-corrected chi connectivity index (χ2v) is 9.73. The van der Waals surface area contributed by atoms with Crippen molar-refractivity contribution in [3.05, 3.63) is 34.8 Å². The zero-order valence-electron chi connectivity index (χ0n) is 18.7. The molecule has 0 unspecified atom stereocenters. The van der Waals surface area contributed by atoms with Crippen molar-refractivity contribution in [1.82, 2.24) is 9.88 Å². The number of pyridine rings is 1. The molecule has 2 aromatic heterocycles. The predicted octanol–water partition coefficient (Wildman–Crippen LogP) is 4.39. The summed E-state index contributed by atoms with van der Waals surface area (Å²) in [5.74, 6) is 0.140. The van der Waals surface area contributed by atoms with E-state index in [0.717, 1.165) is 31.5 Å². The summed E-state index contributed by atoms with van der Waals surface area (Å²) in [6.45, 7) is 7.29. The van der Waals surface area contributed by atoms with E-state index in [-0.39, 0.29) is 5.92 Å². The number of carbonyl (C=O) groups excluding carboxylic acids is 2. The number of likely N-dealkylation sites (tertiary alicyclic amines) is 1. The van der Waals surface area contributed by atoms with Gasteiger partial charge in [-0.25, -0.2) is 19.5 Å². The lowest BCUT2D eigenvalue weighted by Gasteiger charge is -2.29. The number of amides is 1. The Morgan fingerprint density at radius 2 is 1.94 bits per heavy atom. The topological polar surface area (TPSA) is 98.0 Å². The van der Waals surface area contributed by atoms with Crippen molar-refractivity contribution in [2.75, 3.05) is 37.9 Å². The number of esters is 1. The first kappa shape index (κ1) is 23.0. The number of rotatable bonds is 4. The maximum Gasteiger partial charge on any atom is 0.421 e. The van der Waals surface area contributed by atoms with Crippen LogP contribution < -0.4 is 10.6 Å². The molecule has 2 N–H and O–H groups in total. The number of aromatic nitrogens is 1. The number of methoxy groups -OCH3 is 1. The molecule has 8 nitrogen and oxygen atoms in total. The first-order chi connectivity index (χ1) is 14.6. The van der Waals surface area contributed by atoms with Gasteiger partial charge in [-0.2, -0.15) is 0 Å². The lowest BCUT2D eigenvalue weighted by atomic mass is 9.90. The highest BCUT2D eigenvalue weighted by atomic mass is 32.1. The Bertz CT molecular complexity index is 945. The summed E-state index contributed by atoms with van der Waals surface area (Å²) in [4.78, 5) is 34.2. The van der Waals surface area contributed by atoms with Gasteiger partial charge in [0.15, 0.2) is 0 Å². The highest BCUT2D eigenvalue weighted by Crippen LogP contribution is 2.41. The van der Waals surface area contributed by atoms with E-state index >= 15 is 0 Å². The standard InChI is InChI=1S/C22H30N4O4S/c1-22(2,3)30-21(28)26(17-12-15(23)6-9-24-17)18-13-16(19(31-18)20(27)29-5)14-7-10-25(4)11-8-14/h6,9,12-14H,7-8,10-11H2,1-5H3,(H2,23,24). The van der Waals surface area contributed by atoms with Gasteiger partial charge in [0.05, 0.1) is 7.11 Å². The number of ether oxygens (including phenoxy) is 2. The van der Waals surface area contributed by atoms with Gasteiger partial charge in [-0.3, -0.25) is 0 Å². The van der Waals surface area contributed by atoms with Gasteiger partial charge in [0.25, 0.3) is 0 Å². The predicted molar refractivity (Wildman–Crippen MR) is 122 cm³/mol. The van der Waals surface area contributed by atoms with E-state index in [2.05, 4.69) is 16.9 Å². The zero-order chi connectivity index (χ0) is 22.8. The van der Waals surface area contributed by atoms with E-state index in [9.17, 15) is 9.59 Å². The molecule has 0 saturated carbocycles. The number of nitrogens with two attached hydrogens (primary N) is 1. The SMILES string of the molecule is COC(=O)c1sc(N(C(=O)OC(C)(C)C)c2cc(N)ccn2)cc1C1CCN(C)CC1. The van der Waals surface area contributed by atoms with E-state index in [1.165, 1.54) is 29.5 Å². The maximum absolute atomic E-state index is 13.2. The normalized spacial score (nSPS) is 15.5. The summed E-state index contributed by atoms with van der Waals surface area (Å²) >= 11 is 1.21. The molecule has 3 heterocycles. The fourth-order valence-corrected chi connectivity index (χ4v) is 4.70. The van der Waals surface area contributed by atoms with Crippen LogP contribution in [-0.4, -0.2) is 54.8 Å². The van der Waals surface area contributed by atoms with Crippen molar-refractivity contribution in [3.63, 3.8) is 0 Å². The van der Waals surface area contributed by atoms with E-state index in [0.29, 0.717) is 21.4 Å². The number of hydrogen-bond acceptors (Lipinski definition) is 8. The molecule has 0 radical (unpaired) electrons. The lowest BCUT2D eigenvalue weighted by molar-refractivity contribution is 0.0590. The molecular weight excluding hydrogens is 416 g/mol. The summed E-state index contributed by atoms with van der Waals surface area (Å²) in [6, 6.07) is 5.15. The van der Waals surface area contributed by atoms with Crippen molar-refractivity contribution in [2.24, 2.45) is 0 Å². The minimum atomic E-state index is -0.700. The molecule has 1 saturated heterocycles. The summed E-state index contributed by atoms with van der Waals surface area (Å²) in [5, 5.41) is 0.543. The molecule has 3 rings (SSSR count). The molecule has 0 atom stereocenters. The molecule has 1 aliphatic rings. The number of anilines is 3. The Hall–Kier alpha value is -2.65. The Morgan fingerprint density at radius 1 is 1.26 bits per heavy atom. The molecule has 0 bridgehead atoms. The van der Waals surface area contributed by atoms with Crippen LogP contribution in [0.3, 0.4) is 0 Å². The van der Waals surface area contributed by atoms with Crippen molar-refractivity contribution in [3.8, 4) is 0 Å². The smallest absolute Gasteiger partial charge is 0.421 e. The number of nitrogen functional groups attached to an aromatic ring is 1. The molecule has 9 heteroatoms. The molecule has 1 fully saturated rings. The van der Waals surface area contributed by atoms with Crippen LogP contribution >= 0.6 is 11.3 Å². The molecule has 1 amide bonds. The van der Waals surface area contributed by atoms with Gasteiger partial charge in [0.2, 0.25) is 0 Å². The minimum absolute atomic E-state index is 0.213. The van der Waals surface area contributed by atoms with Crippen molar-refractivity contribution in [2.45, 2.75) is 45.1 Å². The second kappa shape index (κ2) is 9.23. The fourth-order valence-electron chi connectivity index (χ4n) is 3.54. The monoisotopic (exact) mass is 446 g/mol. The van der Waals surface area contributed by atoms with Crippen LogP contribution in [0.15, 0.2) is 24.4 Å². The van der Waals surface area contributed by atoms with Crippen LogP contribution in [0, 0.1) is 0 Å². The van der Waals surface area contributed by atoms with E-state index in [1.807, 2.05) is 6.07 Å². The van der Waals surface area contributed by atoms with Crippen LogP contribution in [0.4, 0.5) is 21.3 Å². The van der Waals surface area contributed by atoms with E-state index in [4.69, 9.17) is 15.2 Å². The molecule has 0 aliphatic carbocycles. The fraction of sp³-hybridized carbons (Fsp3) is 0.500. The Balaban J connectivity index is 2.07. The second-order valence-electron chi connectivity index (χ2n) is 8.70. The number of hydrogen-bond donors (Lipinski definition) is 1. The van der Waals surface area contributed by atoms with Crippen molar-refractivity contribution in [1.29, 1.82) is 0 Å². The van der Waals surface area contributed by atoms with Gasteiger partial charge < -0.3 is 20.1 Å². The average molecular weight is 447 g/mol. The quantitative estimate of drug-likeness (QED) is 0.695. The molecule has 168 valence electrons. The lowest BCUT2D eigenvalue weighted by Crippen LogP contribution is -2.34. The largest absolute Gasteiger partial charge is 0.465 e. The zero-order valence-corrected chi connectivity index (χ0v) is 19.5. The van der Waals surface area contributed by atoms with Crippen LogP contribution in [0.1, 0.15) is 54.8 Å². The summed E-state index contributed by atoms with van der Waals surface area (Å²) in [7, 11) is 3.46. The number of carbonyl (C=O) groups is 2. The molecule has 1 aliphatic heterocycles. The summed E-state index contributed by atoms with van der Waals surface area (Å²) in [6.07, 6.45) is 2.81. The minimum Gasteiger partial charge on any atom is -0.465 e. The first-order valence-corrected chi connectivity index (χ1v) is 11.1. The summed E-state index contributed by atoms with van der Waals surface area (Å²) < 4.78 is 10.7. The molecule has 0 aromatic carbocycles. The van der Waals surface area contributed by atoms with E-state index < -0.39 is 17.7 Å². The third-order valence-corrected chi connectivity index (χ3v) is 6.19. The Kier molecular flexibility index (Phi) is 6.86. The van der Waals surface area contributed by atoms with Crippen LogP contribution in [0.25, 0.3) is 0 Å². The van der Waals surface area contributed by atoms with Crippen molar-refractivity contribution < 1.29 is 19.1 Å². The van der Waals surface area contributed by atoms with Gasteiger partial charge in [-0.1, -0.05) is 0 Å². The molecule has 31 heavy (non-hydrogen) atoms. The Labute approximate surface area is 186 Å². The van der Waals surface area contributed by atoms with Gasteiger partial charge >= 0.3 is 12.1 Å². The summed E-state index contributed by atoms with van der Waals surface area (Å²) in [5.41, 5.74) is 6.61.